The number of hydrogen-bond donors (Lipinski definition) is 1. The number of anilines is 1. The second-order valence-electron chi connectivity index (χ2n) is 11.4. The van der Waals surface area contributed by atoms with Crippen LogP contribution in [0.2, 0.25) is 0 Å². The van der Waals surface area contributed by atoms with Crippen molar-refractivity contribution >= 4 is 17.4 Å². The molecule has 2 aliphatic heterocycles. The summed E-state index contributed by atoms with van der Waals surface area (Å²) < 4.78 is 32.3. The van der Waals surface area contributed by atoms with Crippen molar-refractivity contribution < 1.29 is 23.1 Å². The Morgan fingerprint density at radius 2 is 1.59 bits per heavy atom. The molecule has 0 unspecified atom stereocenters. The van der Waals surface area contributed by atoms with Crippen molar-refractivity contribution in [2.45, 2.75) is 50.9 Å². The number of likely N-dealkylation sites (tertiary alicyclic amines) is 1. The molecule has 5 rings (SSSR count). The summed E-state index contributed by atoms with van der Waals surface area (Å²) in [5.41, 5.74) is 8.90. The van der Waals surface area contributed by atoms with Crippen LogP contribution in [0.3, 0.4) is 0 Å². The molecule has 39 heavy (non-hydrogen) atoms. The second kappa shape index (κ2) is 12.6. The number of carbonyl (C=O) groups excluding carboxylic acids is 2. The van der Waals surface area contributed by atoms with E-state index in [2.05, 4.69) is 15.9 Å². The molecule has 1 amide bonds. The Morgan fingerprint density at radius 1 is 0.872 bits per heavy atom. The van der Waals surface area contributed by atoms with Gasteiger partial charge in [0, 0.05) is 35.8 Å². The van der Waals surface area contributed by atoms with Crippen LogP contribution in [0.25, 0.3) is 0 Å². The first-order valence-corrected chi connectivity index (χ1v) is 14.4. The first kappa shape index (κ1) is 27.7. The molecule has 0 aromatic heterocycles. The van der Waals surface area contributed by atoms with Crippen molar-refractivity contribution in [1.82, 2.24) is 4.90 Å². The Labute approximate surface area is 229 Å². The van der Waals surface area contributed by atoms with E-state index in [1.807, 2.05) is 12.1 Å². The molecule has 1 saturated carbocycles. The molecule has 1 aliphatic carbocycles. The molecule has 2 saturated heterocycles. The van der Waals surface area contributed by atoms with Crippen LogP contribution < -0.4 is 10.6 Å². The number of carbonyl (C=O) groups is 2. The van der Waals surface area contributed by atoms with Crippen molar-refractivity contribution in [1.29, 1.82) is 0 Å². The van der Waals surface area contributed by atoms with Crippen LogP contribution in [0.5, 0.6) is 0 Å². The third kappa shape index (κ3) is 6.67. The molecule has 2 heterocycles. The minimum absolute atomic E-state index is 0.0834. The van der Waals surface area contributed by atoms with Crippen molar-refractivity contribution in [3.05, 3.63) is 64.7 Å². The quantitative estimate of drug-likeness (QED) is 0.469. The maximum atomic E-state index is 13.6. The summed E-state index contributed by atoms with van der Waals surface area (Å²) in [6, 6.07) is 9.52. The summed E-state index contributed by atoms with van der Waals surface area (Å²) in [5.74, 6) is -1.46. The maximum Gasteiger partial charge on any atom is 0.248 e. The van der Waals surface area contributed by atoms with Gasteiger partial charge < -0.3 is 20.3 Å². The average molecular weight is 540 g/mol. The van der Waals surface area contributed by atoms with E-state index in [1.165, 1.54) is 6.07 Å². The van der Waals surface area contributed by atoms with Crippen molar-refractivity contribution in [3.8, 4) is 0 Å². The monoisotopic (exact) mass is 539 g/mol. The van der Waals surface area contributed by atoms with Crippen LogP contribution in [0.15, 0.2) is 36.4 Å². The van der Waals surface area contributed by atoms with Gasteiger partial charge in [-0.15, -0.1) is 0 Å². The van der Waals surface area contributed by atoms with Gasteiger partial charge in [-0.1, -0.05) is 0 Å². The van der Waals surface area contributed by atoms with Crippen molar-refractivity contribution in [2.24, 2.45) is 17.6 Å². The summed E-state index contributed by atoms with van der Waals surface area (Å²) in [7, 11) is 0. The van der Waals surface area contributed by atoms with Gasteiger partial charge in [-0.25, -0.2) is 8.78 Å². The van der Waals surface area contributed by atoms with Gasteiger partial charge >= 0.3 is 0 Å². The number of rotatable bonds is 8. The van der Waals surface area contributed by atoms with E-state index in [0.29, 0.717) is 17.4 Å². The number of benzene rings is 2. The lowest BCUT2D eigenvalue weighted by Gasteiger charge is -2.35. The molecule has 2 aromatic rings. The van der Waals surface area contributed by atoms with E-state index in [0.717, 1.165) is 114 Å². The fraction of sp³-hybridized carbons (Fsp3) is 0.548. The molecule has 8 heteroatoms. The average Bonchev–Trinajstić information content (AvgIpc) is 2.98. The van der Waals surface area contributed by atoms with Gasteiger partial charge in [-0.3, -0.25) is 9.59 Å². The first-order chi connectivity index (χ1) is 18.9. The van der Waals surface area contributed by atoms with E-state index in [9.17, 15) is 18.4 Å². The molecular weight excluding hydrogens is 500 g/mol. The highest BCUT2D eigenvalue weighted by molar-refractivity contribution is 5.98. The Kier molecular flexibility index (Phi) is 8.92. The Hall–Kier alpha value is -2.84. The minimum Gasteiger partial charge on any atom is -0.378 e. The van der Waals surface area contributed by atoms with Crippen LogP contribution in [0.4, 0.5) is 14.5 Å². The van der Waals surface area contributed by atoms with Gasteiger partial charge in [0.1, 0.15) is 0 Å². The highest BCUT2D eigenvalue weighted by Crippen LogP contribution is 2.40. The number of nitrogens with zero attached hydrogens (tertiary/aromatic N) is 2. The van der Waals surface area contributed by atoms with E-state index >= 15 is 0 Å². The topological polar surface area (TPSA) is 75.9 Å². The molecule has 0 radical (unpaired) electrons. The zero-order chi connectivity index (χ0) is 27.4. The van der Waals surface area contributed by atoms with Gasteiger partial charge in [0.05, 0.1) is 13.2 Å². The van der Waals surface area contributed by atoms with Crippen molar-refractivity contribution in [3.63, 3.8) is 0 Å². The highest BCUT2D eigenvalue weighted by atomic mass is 19.2. The number of morpholine rings is 1. The summed E-state index contributed by atoms with van der Waals surface area (Å²) in [6.45, 7) is 5.88. The molecule has 6 nitrogen and oxygen atoms in total. The number of nitrogens with two attached hydrogens (primary N) is 1. The number of primary amides is 1. The lowest BCUT2D eigenvalue weighted by molar-refractivity contribution is 0.0831. The van der Waals surface area contributed by atoms with Gasteiger partial charge in [0.2, 0.25) is 5.91 Å². The molecule has 0 atom stereocenters. The number of ether oxygens (including phenoxy) is 1. The Bertz CT molecular complexity index is 1170. The van der Waals surface area contributed by atoms with E-state index < -0.39 is 11.6 Å². The molecular formula is C31H39F2N3O3. The van der Waals surface area contributed by atoms with E-state index in [4.69, 9.17) is 10.5 Å². The number of Topliss-reactive ketones (excluding diaryl/α,β-unsaturated/α-hetero) is 1. The van der Waals surface area contributed by atoms with Gasteiger partial charge in [0.15, 0.2) is 17.4 Å². The minimum atomic E-state index is -0.969. The third-order valence-corrected chi connectivity index (χ3v) is 8.98. The Balaban J connectivity index is 1.09. The summed E-state index contributed by atoms with van der Waals surface area (Å²) in [5, 5.41) is 0. The van der Waals surface area contributed by atoms with E-state index in [1.54, 1.807) is 0 Å². The first-order valence-electron chi connectivity index (χ1n) is 14.4. The summed E-state index contributed by atoms with van der Waals surface area (Å²) in [6.07, 6.45) is 7.01. The summed E-state index contributed by atoms with van der Waals surface area (Å²) >= 11 is 0. The molecule has 2 N–H and O–H groups in total. The van der Waals surface area contributed by atoms with Crippen LogP contribution >= 0.6 is 0 Å². The van der Waals surface area contributed by atoms with Crippen LogP contribution in [-0.4, -0.2) is 62.5 Å². The van der Waals surface area contributed by atoms with Gasteiger partial charge in [-0.05, 0) is 118 Å². The van der Waals surface area contributed by atoms with Crippen molar-refractivity contribution in [2.75, 3.05) is 50.8 Å². The zero-order valence-electron chi connectivity index (χ0n) is 22.5. The predicted octanol–water partition coefficient (Wildman–Crippen LogP) is 5.16. The largest absolute Gasteiger partial charge is 0.378 e. The number of ketones is 1. The fourth-order valence-electron chi connectivity index (χ4n) is 6.56. The molecule has 210 valence electrons. The second-order valence-corrected chi connectivity index (χ2v) is 11.4. The molecule has 3 fully saturated rings. The lowest BCUT2D eigenvalue weighted by atomic mass is 9.76. The normalized spacial score (nSPS) is 23.1. The lowest BCUT2D eigenvalue weighted by Crippen LogP contribution is -2.37. The summed E-state index contributed by atoms with van der Waals surface area (Å²) in [4.78, 5) is 29.7. The zero-order valence-corrected chi connectivity index (χ0v) is 22.5. The molecule has 0 bridgehead atoms. The maximum absolute atomic E-state index is 13.6. The number of halogens is 2. The van der Waals surface area contributed by atoms with Gasteiger partial charge in [-0.2, -0.15) is 0 Å². The molecule has 0 spiro atoms. The van der Waals surface area contributed by atoms with E-state index in [-0.39, 0.29) is 23.2 Å². The van der Waals surface area contributed by atoms with Crippen LogP contribution in [-0.2, 0) is 4.74 Å². The molecule has 3 aliphatic rings. The van der Waals surface area contributed by atoms with Crippen LogP contribution in [0, 0.1) is 23.5 Å². The van der Waals surface area contributed by atoms with Crippen LogP contribution in [0.1, 0.15) is 77.1 Å². The number of piperidine rings is 1. The molecule has 2 aromatic carbocycles. The standard InChI is InChI=1S/C31H39F2N3O3/c32-28-8-5-24(19-29(28)33)30(37)23-10-13-35(14-11-23)12-9-21-1-3-22(4-2-21)27-20-25(6-7-26(27)31(34)38)36-15-17-39-18-16-36/h5-8,19-23H,1-4,9-18H2,(H2,34,38). The SMILES string of the molecule is NC(=O)c1ccc(N2CCOCC2)cc1C1CCC(CCN2CCC(C(=O)c3ccc(F)c(F)c3)CC2)CC1. The highest BCUT2D eigenvalue weighted by Gasteiger charge is 2.29. The fourth-order valence-corrected chi connectivity index (χ4v) is 6.56. The third-order valence-electron chi connectivity index (χ3n) is 8.98. The Morgan fingerprint density at radius 3 is 2.26 bits per heavy atom. The number of amides is 1. The number of hydrogen-bond acceptors (Lipinski definition) is 5. The predicted molar refractivity (Wildman–Crippen MR) is 147 cm³/mol. The van der Waals surface area contributed by atoms with Gasteiger partial charge in [0.25, 0.3) is 0 Å². The smallest absolute Gasteiger partial charge is 0.248 e.